The van der Waals surface area contributed by atoms with Crippen LogP contribution in [0.5, 0.6) is 46.0 Å². The lowest BCUT2D eigenvalue weighted by atomic mass is 9.30. The summed E-state index contributed by atoms with van der Waals surface area (Å²) in [6.07, 6.45) is 0. The Hall–Kier alpha value is -11.5. The molecule has 8 aliphatic rings. The molecule has 0 unspecified atom stereocenters. The molecule has 12 heteroatoms. The van der Waals surface area contributed by atoms with Gasteiger partial charge in [-0.25, -0.2) is 0 Å². The maximum Gasteiger partial charge on any atom is 0.256 e. The zero-order chi connectivity index (χ0) is 58.4. The minimum atomic E-state index is -0.340. The SMILES string of the molecule is c1ccc(N2c3ccccc3B3c4ccccc4Oc4c3c2c2c3c4N(c4ccccc4)c4ccccc4B3c3cc4c(cc3O2)B2c3ccccc3N(c3ccccc3)c3c5c6c(c(c32)O4)N(c2ccccc2)c2ccccc2B6c2ccccc2O5)cc1. The second-order valence-electron chi connectivity index (χ2n) is 24.4. The summed E-state index contributed by atoms with van der Waals surface area (Å²) in [5.74, 6) is 6.47. The molecular formula is C78H46B4N4O4. The fourth-order valence-corrected chi connectivity index (χ4v) is 16.6. The Balaban J connectivity index is 0.884. The van der Waals surface area contributed by atoms with Crippen LogP contribution < -0.4 is 104 Å². The number of rotatable bonds is 4. The molecule has 0 spiro atoms. The van der Waals surface area contributed by atoms with Crippen LogP contribution >= 0.6 is 0 Å². The molecule has 0 amide bonds. The van der Waals surface area contributed by atoms with Crippen molar-refractivity contribution in [3.63, 3.8) is 0 Å². The lowest BCUT2D eigenvalue weighted by Gasteiger charge is -2.48. The number of hydrogen-bond acceptors (Lipinski definition) is 8. The zero-order valence-corrected chi connectivity index (χ0v) is 48.3. The quantitative estimate of drug-likeness (QED) is 0.162. The van der Waals surface area contributed by atoms with Crippen LogP contribution in [-0.2, 0) is 0 Å². The third-order valence-corrected chi connectivity index (χ3v) is 20.0. The predicted octanol–water partition coefficient (Wildman–Crippen LogP) is 11.3. The summed E-state index contributed by atoms with van der Waals surface area (Å²) < 4.78 is 31.4. The summed E-state index contributed by atoms with van der Waals surface area (Å²) in [6, 6.07) is 101. The maximum atomic E-state index is 8.11. The van der Waals surface area contributed by atoms with Crippen molar-refractivity contribution in [2.45, 2.75) is 0 Å². The standard InChI is InChI=1S/C78H46B4N4O4/c1-5-25-47(26-6-1)83-59-39-19-13-33-51(59)79-55-37-17-23-43-63(55)87-75-67(79)71(83)77-69-73(75)85(49-29-9-3-10-30-49)61-41-21-15-35-53(61)81(69)57-46-66-58(45-65(57)89-77)82-54-36-16-22-42-62(54)86(50-31-11-4-12-32-50)74-70(82)78(90-66)72-68-76(74)88-64-44-24-18-38-56(64)80(68)52-34-14-20-40-60(52)84(72)48-27-7-2-8-28-48/h1-46H. The van der Waals surface area contributed by atoms with Gasteiger partial charge in [0.2, 0.25) is 0 Å². The van der Waals surface area contributed by atoms with Crippen LogP contribution in [0, 0.1) is 0 Å². The molecule has 0 saturated carbocycles. The molecule has 90 heavy (non-hydrogen) atoms. The van der Waals surface area contributed by atoms with Gasteiger partial charge in [-0.1, -0.05) is 182 Å². The Kier molecular flexibility index (Phi) is 9.76. The number of fused-ring (bicyclic) bond motifs is 20. The van der Waals surface area contributed by atoms with E-state index in [-0.39, 0.29) is 26.9 Å². The van der Waals surface area contributed by atoms with Gasteiger partial charge in [-0.3, -0.25) is 0 Å². The second kappa shape index (κ2) is 18.1. The van der Waals surface area contributed by atoms with Crippen molar-refractivity contribution in [3.8, 4) is 46.0 Å². The van der Waals surface area contributed by atoms with Crippen molar-refractivity contribution in [1.82, 2.24) is 0 Å². The molecule has 0 saturated heterocycles. The molecular weight excluding hydrogens is 1100 g/mol. The van der Waals surface area contributed by atoms with Crippen LogP contribution in [0.4, 0.5) is 68.2 Å². The van der Waals surface area contributed by atoms with Crippen LogP contribution in [0.2, 0.25) is 0 Å². The fraction of sp³-hybridized carbons (Fsp3) is 0. The first-order valence-corrected chi connectivity index (χ1v) is 31.0. The smallest absolute Gasteiger partial charge is 0.256 e. The van der Waals surface area contributed by atoms with E-state index in [1.807, 2.05) is 0 Å². The van der Waals surface area contributed by atoms with Gasteiger partial charge in [-0.05, 0) is 141 Å². The molecule has 0 N–H and O–H groups in total. The average molecular weight is 1150 g/mol. The van der Waals surface area contributed by atoms with Crippen molar-refractivity contribution in [2.24, 2.45) is 0 Å². The van der Waals surface area contributed by atoms with E-state index >= 15 is 0 Å². The summed E-state index contributed by atoms with van der Waals surface area (Å²) in [5, 5.41) is 0. The zero-order valence-electron chi connectivity index (χ0n) is 48.3. The van der Waals surface area contributed by atoms with Crippen LogP contribution in [0.15, 0.2) is 279 Å². The molecule has 0 bridgehead atoms. The van der Waals surface area contributed by atoms with Crippen molar-refractivity contribution in [2.75, 3.05) is 19.6 Å². The van der Waals surface area contributed by atoms with Gasteiger partial charge in [0.05, 0.1) is 22.7 Å². The van der Waals surface area contributed by atoms with Crippen molar-refractivity contribution in [3.05, 3.63) is 279 Å². The number of anilines is 12. The lowest BCUT2D eigenvalue weighted by molar-refractivity contribution is 0.470. The van der Waals surface area contributed by atoms with E-state index in [4.69, 9.17) is 18.9 Å². The highest BCUT2D eigenvalue weighted by Crippen LogP contribution is 2.57. The third kappa shape index (κ3) is 6.33. The number of ether oxygens (including phenoxy) is 4. The molecule has 13 aromatic carbocycles. The van der Waals surface area contributed by atoms with Crippen LogP contribution in [-0.4, -0.2) is 26.9 Å². The molecule has 0 fully saturated rings. The minimum Gasteiger partial charge on any atom is -0.456 e. The van der Waals surface area contributed by atoms with E-state index in [0.717, 1.165) is 169 Å². The summed E-state index contributed by atoms with van der Waals surface area (Å²) in [5.41, 5.74) is 25.5. The van der Waals surface area contributed by atoms with E-state index in [1.54, 1.807) is 0 Å². The molecule has 414 valence electrons. The Bertz CT molecular complexity index is 4960. The first kappa shape index (κ1) is 48.6. The van der Waals surface area contributed by atoms with Gasteiger partial charge in [-0.2, -0.15) is 0 Å². The summed E-state index contributed by atoms with van der Waals surface area (Å²) in [7, 11) is 0. The monoisotopic (exact) mass is 1150 g/mol. The van der Waals surface area contributed by atoms with E-state index in [1.165, 1.54) is 10.9 Å². The van der Waals surface area contributed by atoms with Crippen LogP contribution in [0.1, 0.15) is 0 Å². The summed E-state index contributed by atoms with van der Waals surface area (Å²) in [6.45, 7) is -1.05. The average Bonchev–Trinajstić information content (AvgIpc) is 0.679. The van der Waals surface area contributed by atoms with Gasteiger partial charge in [-0.15, -0.1) is 0 Å². The van der Waals surface area contributed by atoms with Gasteiger partial charge in [0, 0.05) is 67.4 Å². The van der Waals surface area contributed by atoms with Gasteiger partial charge < -0.3 is 38.5 Å². The second-order valence-corrected chi connectivity index (χ2v) is 24.4. The molecule has 8 nitrogen and oxygen atoms in total. The highest BCUT2D eigenvalue weighted by atomic mass is 16.5. The molecule has 8 aliphatic heterocycles. The van der Waals surface area contributed by atoms with Crippen LogP contribution in [0.3, 0.4) is 0 Å². The van der Waals surface area contributed by atoms with Gasteiger partial charge in [0.25, 0.3) is 26.9 Å². The molecule has 8 heterocycles. The maximum absolute atomic E-state index is 8.11. The molecule has 0 atom stereocenters. The third-order valence-electron chi connectivity index (χ3n) is 20.0. The molecule has 21 rings (SSSR count). The van der Waals surface area contributed by atoms with E-state index in [0.29, 0.717) is 0 Å². The normalized spacial score (nSPS) is 14.4. The van der Waals surface area contributed by atoms with E-state index in [2.05, 4.69) is 299 Å². The minimum absolute atomic E-state index is 0.183. The Morgan fingerprint density at radius 2 is 0.422 bits per heavy atom. The summed E-state index contributed by atoms with van der Waals surface area (Å²) >= 11 is 0. The Morgan fingerprint density at radius 3 is 0.711 bits per heavy atom. The van der Waals surface area contributed by atoms with Crippen LogP contribution in [0.25, 0.3) is 0 Å². The lowest BCUT2D eigenvalue weighted by Crippen LogP contribution is -2.65. The highest BCUT2D eigenvalue weighted by Gasteiger charge is 2.56. The van der Waals surface area contributed by atoms with E-state index in [9.17, 15) is 0 Å². The highest BCUT2D eigenvalue weighted by molar-refractivity contribution is 7.04. The number of para-hydroxylation sites is 10. The Morgan fingerprint density at radius 1 is 0.200 bits per heavy atom. The van der Waals surface area contributed by atoms with Crippen molar-refractivity contribution < 1.29 is 18.9 Å². The largest absolute Gasteiger partial charge is 0.456 e. The molecule has 0 radical (unpaired) electrons. The number of benzene rings is 13. The van der Waals surface area contributed by atoms with E-state index < -0.39 is 0 Å². The first-order valence-electron chi connectivity index (χ1n) is 31.0. The van der Waals surface area contributed by atoms with Gasteiger partial charge >= 0.3 is 0 Å². The summed E-state index contributed by atoms with van der Waals surface area (Å²) in [4.78, 5) is 9.72. The first-order chi connectivity index (χ1) is 44.7. The molecule has 0 aliphatic carbocycles. The van der Waals surface area contributed by atoms with Gasteiger partial charge in [0.15, 0.2) is 0 Å². The van der Waals surface area contributed by atoms with Gasteiger partial charge in [0.1, 0.15) is 46.0 Å². The fourth-order valence-electron chi connectivity index (χ4n) is 16.6. The molecule has 0 aromatic heterocycles. The van der Waals surface area contributed by atoms with Crippen molar-refractivity contribution in [1.29, 1.82) is 0 Å². The van der Waals surface area contributed by atoms with Crippen molar-refractivity contribution >= 4 is 161 Å². The topological polar surface area (TPSA) is 49.9 Å². The Labute approximate surface area is 521 Å². The predicted molar refractivity (Wildman–Crippen MR) is 370 cm³/mol. The molecule has 13 aromatic rings. The number of hydrogen-bond donors (Lipinski definition) is 0. The number of nitrogens with zero attached hydrogens (tertiary/aromatic N) is 4.